The second-order valence-electron chi connectivity index (χ2n) is 7.07. The van der Waals surface area contributed by atoms with Crippen molar-refractivity contribution >= 4 is 11.6 Å². The number of anilines is 1. The molecule has 0 aliphatic rings. The highest BCUT2D eigenvalue weighted by Crippen LogP contribution is 2.18. The number of amides is 1. The maximum Gasteiger partial charge on any atom is 0.221 e. The zero-order valence-corrected chi connectivity index (χ0v) is 15.3. The van der Waals surface area contributed by atoms with Gasteiger partial charge in [-0.15, -0.1) is 0 Å². The fourth-order valence-electron chi connectivity index (χ4n) is 2.67. The first-order valence-electron chi connectivity index (χ1n) is 8.70. The van der Waals surface area contributed by atoms with Crippen LogP contribution in [-0.4, -0.2) is 23.1 Å². The highest BCUT2D eigenvalue weighted by atomic mass is 16.3. The number of β-amino-alcohol motifs (C(OH)–C–C–N with tert-alkyl or cyclic N) is 1. The Kier molecular flexibility index (Phi) is 6.73. The van der Waals surface area contributed by atoms with Gasteiger partial charge in [0.2, 0.25) is 5.91 Å². The molecule has 134 valence electrons. The summed E-state index contributed by atoms with van der Waals surface area (Å²) >= 11 is 0. The van der Waals surface area contributed by atoms with E-state index in [1.54, 1.807) is 0 Å². The number of benzene rings is 2. The zero-order valence-electron chi connectivity index (χ0n) is 15.3. The van der Waals surface area contributed by atoms with E-state index < -0.39 is 6.10 Å². The maximum absolute atomic E-state index is 11.0. The first-order chi connectivity index (χ1) is 11.9. The van der Waals surface area contributed by atoms with Gasteiger partial charge in [0, 0.05) is 24.7 Å². The molecule has 25 heavy (non-hydrogen) atoms. The average molecular weight is 340 g/mol. The lowest BCUT2D eigenvalue weighted by atomic mass is 9.94. The third-order valence-electron chi connectivity index (χ3n) is 4.27. The molecule has 0 radical (unpaired) electrons. The minimum Gasteiger partial charge on any atom is -0.387 e. The number of aryl methyl sites for hydroxylation is 1. The summed E-state index contributed by atoms with van der Waals surface area (Å²) < 4.78 is 0. The van der Waals surface area contributed by atoms with E-state index >= 15 is 0 Å². The van der Waals surface area contributed by atoms with Crippen LogP contribution in [0.5, 0.6) is 0 Å². The van der Waals surface area contributed by atoms with Crippen molar-refractivity contribution in [2.75, 3.05) is 11.9 Å². The van der Waals surface area contributed by atoms with Crippen molar-refractivity contribution in [1.29, 1.82) is 0 Å². The predicted molar refractivity (Wildman–Crippen MR) is 103 cm³/mol. The van der Waals surface area contributed by atoms with E-state index in [2.05, 4.69) is 24.5 Å². The Balaban J connectivity index is 1.81. The molecule has 0 aromatic heterocycles. The standard InChI is InChI=1S/C21H28N2O2/c1-16(24)23-19-11-9-17(10-12-19)13-14-21(2,3)22-15-20(25)18-7-5-4-6-8-18/h4-12,20,22,25H,13-15H2,1-3H3,(H,23,24). The smallest absolute Gasteiger partial charge is 0.221 e. The van der Waals surface area contributed by atoms with Crippen LogP contribution in [0.1, 0.15) is 44.4 Å². The molecule has 0 fully saturated rings. The van der Waals surface area contributed by atoms with E-state index in [4.69, 9.17) is 0 Å². The van der Waals surface area contributed by atoms with E-state index in [1.807, 2.05) is 54.6 Å². The van der Waals surface area contributed by atoms with Crippen LogP contribution in [0, 0.1) is 0 Å². The van der Waals surface area contributed by atoms with Crippen LogP contribution in [0.15, 0.2) is 54.6 Å². The van der Waals surface area contributed by atoms with Crippen LogP contribution in [0.3, 0.4) is 0 Å². The highest BCUT2D eigenvalue weighted by Gasteiger charge is 2.19. The Morgan fingerprint density at radius 3 is 2.32 bits per heavy atom. The summed E-state index contributed by atoms with van der Waals surface area (Å²) in [6, 6.07) is 17.6. The largest absolute Gasteiger partial charge is 0.387 e. The molecule has 4 nitrogen and oxygen atoms in total. The van der Waals surface area contributed by atoms with Crippen molar-refractivity contribution in [1.82, 2.24) is 5.32 Å². The number of aliphatic hydroxyl groups is 1. The first-order valence-corrected chi connectivity index (χ1v) is 8.70. The predicted octanol–water partition coefficient (Wildman–Crippen LogP) is 3.68. The Morgan fingerprint density at radius 1 is 1.08 bits per heavy atom. The number of aliphatic hydroxyl groups excluding tert-OH is 1. The topological polar surface area (TPSA) is 61.4 Å². The van der Waals surface area contributed by atoms with Crippen molar-refractivity contribution in [3.63, 3.8) is 0 Å². The third-order valence-corrected chi connectivity index (χ3v) is 4.27. The molecule has 0 aliphatic carbocycles. The lowest BCUT2D eigenvalue weighted by Crippen LogP contribution is -2.41. The number of hydrogen-bond donors (Lipinski definition) is 3. The minimum absolute atomic E-state index is 0.0601. The van der Waals surface area contributed by atoms with Crippen LogP contribution >= 0.6 is 0 Å². The van der Waals surface area contributed by atoms with E-state index in [-0.39, 0.29) is 11.4 Å². The molecular weight excluding hydrogens is 312 g/mol. The summed E-state index contributed by atoms with van der Waals surface area (Å²) in [6.45, 7) is 6.33. The van der Waals surface area contributed by atoms with Crippen molar-refractivity contribution in [3.8, 4) is 0 Å². The molecule has 1 amide bonds. The minimum atomic E-state index is -0.502. The summed E-state index contributed by atoms with van der Waals surface area (Å²) in [4.78, 5) is 11.0. The van der Waals surface area contributed by atoms with Gasteiger partial charge >= 0.3 is 0 Å². The van der Waals surface area contributed by atoms with Crippen LogP contribution in [0.2, 0.25) is 0 Å². The lowest BCUT2D eigenvalue weighted by molar-refractivity contribution is -0.114. The number of hydrogen-bond acceptors (Lipinski definition) is 3. The molecule has 0 heterocycles. The molecule has 4 heteroatoms. The normalized spacial score (nSPS) is 12.6. The average Bonchev–Trinajstić information content (AvgIpc) is 2.59. The van der Waals surface area contributed by atoms with Gasteiger partial charge in [0.15, 0.2) is 0 Å². The third kappa shape index (κ3) is 6.69. The van der Waals surface area contributed by atoms with Crippen molar-refractivity contribution in [3.05, 3.63) is 65.7 Å². The Hall–Kier alpha value is -2.17. The molecule has 2 aromatic carbocycles. The molecule has 0 bridgehead atoms. The van der Waals surface area contributed by atoms with Crippen LogP contribution in [-0.2, 0) is 11.2 Å². The molecule has 0 saturated heterocycles. The van der Waals surface area contributed by atoms with Gasteiger partial charge in [-0.3, -0.25) is 4.79 Å². The summed E-state index contributed by atoms with van der Waals surface area (Å²) in [5.41, 5.74) is 2.90. The van der Waals surface area contributed by atoms with Crippen molar-refractivity contribution in [2.24, 2.45) is 0 Å². The first kappa shape index (κ1) is 19.2. The van der Waals surface area contributed by atoms with E-state index in [9.17, 15) is 9.90 Å². The number of carbonyl (C=O) groups is 1. The van der Waals surface area contributed by atoms with Crippen LogP contribution < -0.4 is 10.6 Å². The van der Waals surface area contributed by atoms with Gasteiger partial charge < -0.3 is 15.7 Å². The lowest BCUT2D eigenvalue weighted by Gasteiger charge is -2.28. The van der Waals surface area contributed by atoms with Crippen LogP contribution in [0.4, 0.5) is 5.69 Å². The number of rotatable bonds is 8. The van der Waals surface area contributed by atoms with Crippen LogP contribution in [0.25, 0.3) is 0 Å². The second kappa shape index (κ2) is 8.79. The summed E-state index contributed by atoms with van der Waals surface area (Å²) in [7, 11) is 0. The molecule has 2 aromatic rings. The molecule has 1 atom stereocenters. The molecule has 3 N–H and O–H groups in total. The Labute approximate surface area is 150 Å². The second-order valence-corrected chi connectivity index (χ2v) is 7.07. The van der Waals surface area contributed by atoms with Gasteiger partial charge in [-0.05, 0) is 49.9 Å². The van der Waals surface area contributed by atoms with Gasteiger partial charge in [0.05, 0.1) is 6.10 Å². The molecule has 0 spiro atoms. The molecular formula is C21H28N2O2. The number of nitrogens with one attached hydrogen (secondary N) is 2. The summed E-state index contributed by atoms with van der Waals surface area (Å²) in [5.74, 6) is -0.0601. The fourth-order valence-corrected chi connectivity index (χ4v) is 2.67. The van der Waals surface area contributed by atoms with E-state index in [1.165, 1.54) is 12.5 Å². The van der Waals surface area contributed by atoms with E-state index in [0.29, 0.717) is 6.54 Å². The maximum atomic E-state index is 11.0. The van der Waals surface area contributed by atoms with Gasteiger partial charge in [-0.1, -0.05) is 42.5 Å². The monoisotopic (exact) mass is 340 g/mol. The summed E-state index contributed by atoms with van der Waals surface area (Å²) in [6.07, 6.45) is 1.38. The Morgan fingerprint density at radius 2 is 1.72 bits per heavy atom. The number of carbonyl (C=O) groups excluding carboxylic acids is 1. The molecule has 2 rings (SSSR count). The summed E-state index contributed by atoms with van der Waals surface area (Å²) in [5, 5.41) is 16.5. The SMILES string of the molecule is CC(=O)Nc1ccc(CCC(C)(C)NCC(O)c2ccccc2)cc1. The van der Waals surface area contributed by atoms with Gasteiger partial charge in [-0.2, -0.15) is 0 Å². The molecule has 0 saturated carbocycles. The Bertz CT molecular complexity index is 666. The van der Waals surface area contributed by atoms with Gasteiger partial charge in [0.25, 0.3) is 0 Å². The van der Waals surface area contributed by atoms with Crippen molar-refractivity contribution < 1.29 is 9.90 Å². The zero-order chi connectivity index (χ0) is 18.3. The molecule has 1 unspecified atom stereocenters. The van der Waals surface area contributed by atoms with Crippen molar-refractivity contribution in [2.45, 2.75) is 45.3 Å². The fraction of sp³-hybridized carbons (Fsp3) is 0.381. The quantitative estimate of drug-likeness (QED) is 0.687. The van der Waals surface area contributed by atoms with E-state index in [0.717, 1.165) is 24.1 Å². The molecule has 0 aliphatic heterocycles. The van der Waals surface area contributed by atoms with Gasteiger partial charge in [0.1, 0.15) is 0 Å². The highest BCUT2D eigenvalue weighted by molar-refractivity contribution is 5.88. The van der Waals surface area contributed by atoms with Gasteiger partial charge in [-0.25, -0.2) is 0 Å².